The summed E-state index contributed by atoms with van der Waals surface area (Å²) in [5.41, 5.74) is 5.23. The van der Waals surface area contributed by atoms with Crippen LogP contribution in [0.15, 0.2) is 71.8 Å². The number of hydrogen-bond donors (Lipinski definition) is 1. The second-order valence-corrected chi connectivity index (χ2v) is 11.0. The predicted octanol–water partition coefficient (Wildman–Crippen LogP) is 4.72. The summed E-state index contributed by atoms with van der Waals surface area (Å²) in [6.07, 6.45) is 1.73. The number of sulfonamides is 1. The highest BCUT2D eigenvalue weighted by Crippen LogP contribution is 2.35. The first-order valence-electron chi connectivity index (χ1n) is 11.3. The average Bonchev–Trinajstić information content (AvgIpc) is 3.30. The second kappa shape index (κ2) is 10.3. The van der Waals surface area contributed by atoms with Crippen LogP contribution in [0.2, 0.25) is 0 Å². The van der Waals surface area contributed by atoms with Crippen molar-refractivity contribution in [1.82, 2.24) is 19.7 Å². The van der Waals surface area contributed by atoms with E-state index in [1.54, 1.807) is 55.0 Å². The van der Waals surface area contributed by atoms with Crippen LogP contribution in [0.1, 0.15) is 11.3 Å². The first kappa shape index (κ1) is 24.3. The van der Waals surface area contributed by atoms with E-state index in [4.69, 9.17) is 14.5 Å². The van der Waals surface area contributed by atoms with E-state index >= 15 is 0 Å². The van der Waals surface area contributed by atoms with E-state index in [-0.39, 0.29) is 18.0 Å². The summed E-state index contributed by atoms with van der Waals surface area (Å²) < 4.78 is 39.2. The molecule has 1 N–H and O–H groups in total. The topological polar surface area (TPSA) is 103 Å². The van der Waals surface area contributed by atoms with Crippen molar-refractivity contribution < 1.29 is 17.9 Å². The van der Waals surface area contributed by atoms with E-state index in [1.807, 2.05) is 31.2 Å². The molecule has 5 rings (SSSR count). The van der Waals surface area contributed by atoms with E-state index in [9.17, 15) is 8.42 Å². The highest BCUT2D eigenvalue weighted by Gasteiger charge is 2.15. The zero-order chi connectivity index (χ0) is 25.1. The minimum atomic E-state index is -3.56. The maximum absolute atomic E-state index is 12.3. The minimum Gasteiger partial charge on any atom is -0.492 e. The van der Waals surface area contributed by atoms with E-state index in [1.165, 1.54) is 0 Å². The molecule has 0 aliphatic rings. The molecule has 36 heavy (non-hydrogen) atoms. The molecule has 0 aliphatic carbocycles. The van der Waals surface area contributed by atoms with Crippen molar-refractivity contribution in [3.63, 3.8) is 0 Å². The van der Waals surface area contributed by atoms with Crippen LogP contribution in [-0.4, -0.2) is 43.6 Å². The fraction of sp³-hybridized carbons (Fsp3) is 0.192. The van der Waals surface area contributed by atoms with Crippen molar-refractivity contribution in [3.8, 4) is 16.3 Å². The maximum Gasteiger partial charge on any atom is 0.240 e. The van der Waals surface area contributed by atoms with Gasteiger partial charge in [0.15, 0.2) is 0 Å². The van der Waals surface area contributed by atoms with E-state index in [0.29, 0.717) is 12.4 Å². The van der Waals surface area contributed by atoms with Gasteiger partial charge in [-0.3, -0.25) is 4.98 Å². The SMILES string of the molecule is COCc1cnc2c(-c3nc4ccc(OCCNS(=O)(=O)c5ccccc5)cc4s3)cc(C)cc2n1. The highest BCUT2D eigenvalue weighted by atomic mass is 32.2. The van der Waals surface area contributed by atoms with Crippen LogP contribution >= 0.6 is 11.3 Å². The number of aromatic nitrogens is 3. The van der Waals surface area contributed by atoms with Gasteiger partial charge in [-0.2, -0.15) is 0 Å². The zero-order valence-corrected chi connectivity index (χ0v) is 21.4. The van der Waals surface area contributed by atoms with Gasteiger partial charge in [-0.15, -0.1) is 11.3 Å². The largest absolute Gasteiger partial charge is 0.492 e. The molecule has 0 amide bonds. The van der Waals surface area contributed by atoms with Crippen molar-refractivity contribution in [2.24, 2.45) is 0 Å². The molecule has 0 bridgehead atoms. The number of aryl methyl sites for hydroxylation is 1. The van der Waals surface area contributed by atoms with Crippen molar-refractivity contribution >= 4 is 42.6 Å². The van der Waals surface area contributed by atoms with Crippen LogP contribution in [0.3, 0.4) is 0 Å². The number of nitrogens with one attached hydrogen (secondary N) is 1. The van der Waals surface area contributed by atoms with Crippen LogP contribution in [0, 0.1) is 6.92 Å². The number of ether oxygens (including phenoxy) is 2. The Morgan fingerprint density at radius 3 is 2.64 bits per heavy atom. The quantitative estimate of drug-likeness (QED) is 0.281. The summed E-state index contributed by atoms with van der Waals surface area (Å²) in [7, 11) is -1.93. The lowest BCUT2D eigenvalue weighted by Crippen LogP contribution is -2.28. The fourth-order valence-corrected chi connectivity index (χ4v) is 5.87. The van der Waals surface area contributed by atoms with Gasteiger partial charge in [-0.05, 0) is 55.0 Å². The molecule has 0 saturated carbocycles. The Hall–Kier alpha value is -3.44. The van der Waals surface area contributed by atoms with Crippen LogP contribution in [0.4, 0.5) is 0 Å². The van der Waals surface area contributed by atoms with Crippen molar-refractivity contribution in [2.75, 3.05) is 20.3 Å². The maximum atomic E-state index is 12.3. The number of nitrogens with zero attached hydrogens (tertiary/aromatic N) is 3. The van der Waals surface area contributed by atoms with Crippen molar-refractivity contribution in [3.05, 3.63) is 78.1 Å². The van der Waals surface area contributed by atoms with Gasteiger partial charge < -0.3 is 9.47 Å². The Morgan fingerprint density at radius 1 is 1.00 bits per heavy atom. The molecule has 0 fully saturated rings. The number of thiazole rings is 1. The minimum absolute atomic E-state index is 0.155. The number of methoxy groups -OCH3 is 1. The van der Waals surface area contributed by atoms with E-state index in [2.05, 4.69) is 20.8 Å². The number of rotatable bonds is 9. The molecule has 8 nitrogen and oxygen atoms in total. The summed E-state index contributed by atoms with van der Waals surface area (Å²) in [4.78, 5) is 14.4. The molecule has 0 radical (unpaired) electrons. The van der Waals surface area contributed by atoms with Crippen molar-refractivity contribution in [2.45, 2.75) is 18.4 Å². The molecule has 2 aromatic heterocycles. The average molecular weight is 521 g/mol. The molecule has 2 heterocycles. The number of benzene rings is 3. The Balaban J connectivity index is 1.33. The van der Waals surface area contributed by atoms with Crippen LogP contribution < -0.4 is 9.46 Å². The first-order valence-corrected chi connectivity index (χ1v) is 13.6. The number of fused-ring (bicyclic) bond motifs is 2. The van der Waals surface area contributed by atoms with Gasteiger partial charge in [0.25, 0.3) is 0 Å². The smallest absolute Gasteiger partial charge is 0.240 e. The second-order valence-electron chi connectivity index (χ2n) is 8.18. The Labute approximate surface area is 213 Å². The standard InChI is InChI=1S/C26H24N4O4S2/c1-17-12-21(25-23(13-17)29-18(15-27-25)16-33-2)26-30-22-9-8-19(14-24(22)35-26)34-11-10-28-36(31,32)20-6-4-3-5-7-20/h3-9,12-15,28H,10-11,16H2,1-2H3. The fourth-order valence-electron chi connectivity index (χ4n) is 3.82. The van der Waals surface area contributed by atoms with E-state index < -0.39 is 10.0 Å². The zero-order valence-electron chi connectivity index (χ0n) is 19.8. The predicted molar refractivity (Wildman–Crippen MR) is 141 cm³/mol. The number of hydrogen-bond acceptors (Lipinski definition) is 8. The molecule has 0 atom stereocenters. The summed E-state index contributed by atoms with van der Waals surface area (Å²) in [5, 5.41) is 0.847. The van der Waals surface area contributed by atoms with Crippen LogP contribution in [0.5, 0.6) is 5.75 Å². The summed E-state index contributed by atoms with van der Waals surface area (Å²) in [6.45, 7) is 2.79. The normalized spacial score (nSPS) is 11.8. The van der Waals surface area contributed by atoms with Crippen molar-refractivity contribution in [1.29, 1.82) is 0 Å². The van der Waals surface area contributed by atoms with Gasteiger partial charge in [0.2, 0.25) is 10.0 Å². The van der Waals surface area contributed by atoms with Gasteiger partial charge in [-0.1, -0.05) is 18.2 Å². The van der Waals surface area contributed by atoms with Crippen LogP contribution in [0.25, 0.3) is 31.8 Å². The molecule has 0 aliphatic heterocycles. The molecule has 184 valence electrons. The molecule has 0 saturated heterocycles. The van der Waals surface area contributed by atoms with Crippen LogP contribution in [-0.2, 0) is 21.4 Å². The highest BCUT2D eigenvalue weighted by molar-refractivity contribution is 7.89. The lowest BCUT2D eigenvalue weighted by Gasteiger charge is -2.08. The third kappa shape index (κ3) is 5.21. The lowest BCUT2D eigenvalue weighted by molar-refractivity contribution is 0.181. The molecule has 10 heteroatoms. The molecule has 3 aromatic carbocycles. The van der Waals surface area contributed by atoms with Gasteiger partial charge >= 0.3 is 0 Å². The summed E-state index contributed by atoms with van der Waals surface area (Å²) in [5.74, 6) is 0.648. The summed E-state index contributed by atoms with van der Waals surface area (Å²) in [6, 6.07) is 18.0. The Morgan fingerprint density at radius 2 is 1.83 bits per heavy atom. The third-order valence-electron chi connectivity index (χ3n) is 5.44. The van der Waals surface area contributed by atoms with Gasteiger partial charge in [0, 0.05) is 19.2 Å². The third-order valence-corrected chi connectivity index (χ3v) is 7.97. The first-order chi connectivity index (χ1) is 17.4. The van der Waals surface area contributed by atoms with Gasteiger partial charge in [-0.25, -0.2) is 23.1 Å². The molecule has 0 spiro atoms. The van der Waals surface area contributed by atoms with Gasteiger partial charge in [0.05, 0.1) is 44.6 Å². The summed E-state index contributed by atoms with van der Waals surface area (Å²) >= 11 is 1.55. The monoisotopic (exact) mass is 520 g/mol. The Kier molecular flexibility index (Phi) is 6.92. The Bertz CT molecular complexity index is 1640. The molecular weight excluding hydrogens is 496 g/mol. The molecular formula is C26H24N4O4S2. The molecule has 0 unspecified atom stereocenters. The van der Waals surface area contributed by atoms with E-state index in [0.717, 1.165) is 43.1 Å². The lowest BCUT2D eigenvalue weighted by atomic mass is 10.1. The molecule has 5 aromatic rings. The van der Waals surface area contributed by atoms with Gasteiger partial charge in [0.1, 0.15) is 17.4 Å².